The number of hydrogen-bond acceptors (Lipinski definition) is 4. The summed E-state index contributed by atoms with van der Waals surface area (Å²) in [6.07, 6.45) is -0.0165. The highest BCUT2D eigenvalue weighted by Crippen LogP contribution is 2.32. The summed E-state index contributed by atoms with van der Waals surface area (Å²) >= 11 is 3.36. The van der Waals surface area contributed by atoms with Crippen LogP contribution in [0.1, 0.15) is 24.9 Å². The Kier molecular flexibility index (Phi) is 5.85. The van der Waals surface area contributed by atoms with Crippen molar-refractivity contribution in [3.05, 3.63) is 76.8 Å². The van der Waals surface area contributed by atoms with E-state index in [1.165, 1.54) is 6.07 Å². The highest BCUT2D eigenvalue weighted by atomic mass is 79.9. The van der Waals surface area contributed by atoms with Crippen LogP contribution in [0.3, 0.4) is 0 Å². The van der Waals surface area contributed by atoms with Crippen molar-refractivity contribution in [3.63, 3.8) is 0 Å². The number of nitrogens with one attached hydrogen (secondary N) is 1. The molecule has 2 atom stereocenters. The first-order valence-electron chi connectivity index (χ1n) is 9.86. The lowest BCUT2D eigenvalue weighted by Crippen LogP contribution is -2.37. The van der Waals surface area contributed by atoms with Crippen molar-refractivity contribution in [1.29, 1.82) is 0 Å². The van der Waals surface area contributed by atoms with Gasteiger partial charge in [-0.1, -0.05) is 60.7 Å². The maximum atomic E-state index is 12.9. The fourth-order valence-electron chi connectivity index (χ4n) is 3.88. The molecule has 1 fully saturated rings. The minimum atomic E-state index is -4.10. The molecule has 3 aromatic rings. The van der Waals surface area contributed by atoms with Crippen molar-refractivity contribution in [2.75, 3.05) is 6.54 Å². The van der Waals surface area contributed by atoms with Crippen LogP contribution in [0.4, 0.5) is 0 Å². The van der Waals surface area contributed by atoms with E-state index in [4.69, 9.17) is 0 Å². The van der Waals surface area contributed by atoms with Gasteiger partial charge in [-0.15, -0.1) is 0 Å². The largest absolute Gasteiger partial charge is 0.335 e. The van der Waals surface area contributed by atoms with Gasteiger partial charge in [0.1, 0.15) is 4.90 Å². The Morgan fingerprint density at radius 3 is 2.48 bits per heavy atom. The number of fused-ring (bicyclic) bond motifs is 1. The molecule has 0 saturated carbocycles. The molecule has 8 heteroatoms. The molecule has 1 heterocycles. The molecule has 6 nitrogen and oxygen atoms in total. The number of nitrogens with zero attached hydrogens (tertiary/aromatic N) is 1. The number of halogens is 1. The van der Waals surface area contributed by atoms with Crippen LogP contribution in [0.25, 0.3) is 10.8 Å². The van der Waals surface area contributed by atoms with Gasteiger partial charge in [0.15, 0.2) is 0 Å². The molecule has 0 radical (unpaired) electrons. The average molecular weight is 501 g/mol. The fraction of sp³-hybridized carbons (Fsp3) is 0.217. The average Bonchev–Trinajstić information content (AvgIpc) is 3.15. The Morgan fingerprint density at radius 1 is 1.06 bits per heavy atom. The Labute approximate surface area is 189 Å². The number of hydrogen-bond donors (Lipinski definition) is 1. The molecular formula is C23H21BrN2O4S. The number of rotatable bonds is 5. The van der Waals surface area contributed by atoms with E-state index < -0.39 is 21.8 Å². The van der Waals surface area contributed by atoms with Gasteiger partial charge < -0.3 is 4.90 Å². The highest BCUT2D eigenvalue weighted by molar-refractivity contribution is 9.10. The van der Waals surface area contributed by atoms with Crippen LogP contribution in [0, 0.1) is 5.92 Å². The number of benzene rings is 3. The lowest BCUT2D eigenvalue weighted by Gasteiger charge is -2.25. The van der Waals surface area contributed by atoms with Crippen LogP contribution in [-0.2, 0) is 19.6 Å². The summed E-state index contributed by atoms with van der Waals surface area (Å²) in [7, 11) is -4.10. The normalized spacial score (nSPS) is 17.7. The Hall–Kier alpha value is -2.71. The molecular weight excluding hydrogens is 480 g/mol. The molecule has 2 unspecified atom stereocenters. The van der Waals surface area contributed by atoms with Gasteiger partial charge in [-0.2, -0.15) is 0 Å². The molecule has 1 saturated heterocycles. The topological polar surface area (TPSA) is 83.6 Å². The molecule has 0 bridgehead atoms. The molecule has 1 aliphatic rings. The van der Waals surface area contributed by atoms with Gasteiger partial charge in [-0.3, -0.25) is 9.59 Å². The molecule has 1 N–H and O–H groups in total. The second-order valence-corrected chi connectivity index (χ2v) is 10.0. The number of sulfonamides is 1. The first-order chi connectivity index (χ1) is 14.8. The van der Waals surface area contributed by atoms with E-state index in [0.29, 0.717) is 4.47 Å². The quantitative estimate of drug-likeness (QED) is 0.573. The van der Waals surface area contributed by atoms with Gasteiger partial charge in [-0.25, -0.2) is 13.1 Å². The molecule has 3 aromatic carbocycles. The van der Waals surface area contributed by atoms with E-state index in [0.717, 1.165) is 16.3 Å². The number of carbonyl (C=O) groups is 2. The van der Waals surface area contributed by atoms with Crippen LogP contribution in [-0.4, -0.2) is 31.7 Å². The molecule has 1 aliphatic heterocycles. The first-order valence-corrected chi connectivity index (χ1v) is 12.1. The zero-order valence-corrected chi connectivity index (χ0v) is 19.2. The van der Waals surface area contributed by atoms with Crippen molar-refractivity contribution in [2.45, 2.75) is 24.3 Å². The fourth-order valence-corrected chi connectivity index (χ4v) is 6.15. The van der Waals surface area contributed by atoms with Crippen LogP contribution in [0.15, 0.2) is 76.1 Å². The Morgan fingerprint density at radius 2 is 1.74 bits per heavy atom. The minimum Gasteiger partial charge on any atom is -0.335 e. The van der Waals surface area contributed by atoms with E-state index in [1.807, 2.05) is 55.5 Å². The van der Waals surface area contributed by atoms with E-state index >= 15 is 0 Å². The summed E-state index contributed by atoms with van der Waals surface area (Å²) in [5.41, 5.74) is 0.963. The van der Waals surface area contributed by atoms with Gasteiger partial charge in [-0.05, 0) is 45.3 Å². The molecule has 31 heavy (non-hydrogen) atoms. The van der Waals surface area contributed by atoms with Crippen molar-refractivity contribution in [2.24, 2.45) is 5.92 Å². The third kappa shape index (κ3) is 4.22. The lowest BCUT2D eigenvalue weighted by atomic mass is 10.1. The molecule has 0 aliphatic carbocycles. The van der Waals surface area contributed by atoms with Gasteiger partial charge >= 0.3 is 0 Å². The van der Waals surface area contributed by atoms with E-state index in [1.54, 1.807) is 17.0 Å². The summed E-state index contributed by atoms with van der Waals surface area (Å²) in [6.45, 7) is 2.07. The standard InChI is InChI=1S/C23H21BrN2O4S/c1-15(16-7-3-2-4-8-16)26-14-18(13-21(26)27)23(28)25-31(29,30)20-12-11-17-9-5-6-10-19(17)22(20)24/h2-12,15,18H,13-14H2,1H3,(H,25,28). The molecule has 160 valence electrons. The maximum Gasteiger partial charge on any atom is 0.265 e. The van der Waals surface area contributed by atoms with Gasteiger partial charge in [0.2, 0.25) is 11.8 Å². The lowest BCUT2D eigenvalue weighted by molar-refractivity contribution is -0.130. The second-order valence-electron chi connectivity index (χ2n) is 7.60. The zero-order chi connectivity index (χ0) is 22.2. The van der Waals surface area contributed by atoms with E-state index in [9.17, 15) is 18.0 Å². The SMILES string of the molecule is CC(c1ccccc1)N1CC(C(=O)NS(=O)(=O)c2ccc3ccccc3c2Br)CC1=O. The van der Waals surface area contributed by atoms with Crippen molar-refractivity contribution in [1.82, 2.24) is 9.62 Å². The van der Waals surface area contributed by atoms with Crippen LogP contribution < -0.4 is 4.72 Å². The number of amides is 2. The highest BCUT2D eigenvalue weighted by Gasteiger charge is 2.38. The van der Waals surface area contributed by atoms with Gasteiger partial charge in [0.05, 0.1) is 12.0 Å². The maximum absolute atomic E-state index is 12.9. The molecule has 0 aromatic heterocycles. The summed E-state index contributed by atoms with van der Waals surface area (Å²) in [4.78, 5) is 26.9. The summed E-state index contributed by atoms with van der Waals surface area (Å²) in [5, 5.41) is 1.61. The van der Waals surface area contributed by atoms with E-state index in [2.05, 4.69) is 20.7 Å². The minimum absolute atomic E-state index is 0.0154. The summed E-state index contributed by atoms with van der Waals surface area (Å²) in [5.74, 6) is -1.57. The molecule has 2 amide bonds. The number of carbonyl (C=O) groups excluding carboxylic acids is 2. The van der Waals surface area contributed by atoms with Gasteiger partial charge in [0, 0.05) is 17.4 Å². The molecule has 4 rings (SSSR count). The van der Waals surface area contributed by atoms with Gasteiger partial charge in [0.25, 0.3) is 10.0 Å². The zero-order valence-electron chi connectivity index (χ0n) is 16.8. The monoisotopic (exact) mass is 500 g/mol. The van der Waals surface area contributed by atoms with E-state index in [-0.39, 0.29) is 29.8 Å². The van der Waals surface area contributed by atoms with Crippen molar-refractivity contribution in [3.8, 4) is 0 Å². The Bertz CT molecular complexity index is 1260. The molecule has 0 spiro atoms. The Balaban J connectivity index is 1.52. The van der Waals surface area contributed by atoms with Crippen LogP contribution in [0.5, 0.6) is 0 Å². The first kappa shape index (κ1) is 21.5. The third-order valence-electron chi connectivity index (χ3n) is 5.63. The van der Waals surface area contributed by atoms with Crippen molar-refractivity contribution >= 4 is 48.5 Å². The smallest absolute Gasteiger partial charge is 0.265 e. The number of likely N-dealkylation sites (tertiary alicyclic amines) is 1. The predicted octanol–water partition coefficient (Wildman–Crippen LogP) is 4.02. The van der Waals surface area contributed by atoms with Crippen molar-refractivity contribution < 1.29 is 18.0 Å². The summed E-state index contributed by atoms with van der Waals surface area (Å²) in [6, 6.07) is 19.9. The third-order valence-corrected chi connectivity index (χ3v) is 8.14. The predicted molar refractivity (Wildman–Crippen MR) is 122 cm³/mol. The second kappa shape index (κ2) is 8.43. The van der Waals surface area contributed by atoms with Crippen LogP contribution >= 0.6 is 15.9 Å². The van der Waals surface area contributed by atoms with Crippen LogP contribution in [0.2, 0.25) is 0 Å². The summed E-state index contributed by atoms with van der Waals surface area (Å²) < 4.78 is 28.4.